The summed E-state index contributed by atoms with van der Waals surface area (Å²) >= 11 is 2.76. The molecule has 0 heterocycles. The zero-order valence-corrected chi connectivity index (χ0v) is 9.45. The Bertz CT molecular complexity index is 428. The highest BCUT2D eigenvalue weighted by atomic mass is 79.9. The number of ether oxygens (including phenoxy) is 1. The molecule has 1 aromatic rings. The van der Waals surface area contributed by atoms with E-state index in [0.29, 0.717) is 6.07 Å². The molecule has 0 saturated carbocycles. The van der Waals surface area contributed by atoms with E-state index >= 15 is 0 Å². The highest BCUT2D eigenvalue weighted by Crippen LogP contribution is 2.34. The number of carbonyl (C=O) groups is 1. The third kappa shape index (κ3) is 3.19. The third-order valence-electron chi connectivity index (χ3n) is 1.61. The van der Waals surface area contributed by atoms with E-state index in [4.69, 9.17) is 0 Å². The highest BCUT2D eigenvalue weighted by molar-refractivity contribution is 9.10. The average Bonchev–Trinajstić information content (AvgIpc) is 2.07. The monoisotopic (exact) mass is 300 g/mol. The Morgan fingerprint density at radius 1 is 1.38 bits per heavy atom. The lowest BCUT2D eigenvalue weighted by atomic mass is 10.1. The molecule has 0 spiro atoms. The SMILES string of the molecule is CC(=O)c1cc(F)cc(OC(F)(F)F)c1Br. The second-order valence-electron chi connectivity index (χ2n) is 2.87. The van der Waals surface area contributed by atoms with Crippen LogP contribution in [0.2, 0.25) is 0 Å². The number of alkyl halides is 3. The first-order chi connectivity index (χ1) is 7.20. The van der Waals surface area contributed by atoms with E-state index in [2.05, 4.69) is 20.7 Å². The van der Waals surface area contributed by atoms with Gasteiger partial charge in [-0.2, -0.15) is 0 Å². The second-order valence-corrected chi connectivity index (χ2v) is 3.66. The minimum absolute atomic E-state index is 0.209. The molecule has 0 radical (unpaired) electrons. The number of halogens is 5. The Kier molecular flexibility index (Phi) is 3.57. The molecule has 1 rings (SSSR count). The van der Waals surface area contributed by atoms with Gasteiger partial charge in [-0.15, -0.1) is 13.2 Å². The van der Waals surface area contributed by atoms with Gasteiger partial charge >= 0.3 is 6.36 Å². The van der Waals surface area contributed by atoms with Crippen LogP contribution in [0.3, 0.4) is 0 Å². The Labute approximate surface area is 96.3 Å². The summed E-state index contributed by atoms with van der Waals surface area (Å²) < 4.78 is 52.1. The molecule has 2 nitrogen and oxygen atoms in total. The zero-order chi connectivity index (χ0) is 12.5. The number of Topliss-reactive ketones (excluding diaryl/α,β-unsaturated/α-hetero) is 1. The number of hydrogen-bond acceptors (Lipinski definition) is 2. The normalized spacial score (nSPS) is 11.4. The van der Waals surface area contributed by atoms with Crippen LogP contribution in [-0.4, -0.2) is 12.1 Å². The van der Waals surface area contributed by atoms with Crippen LogP contribution in [0.5, 0.6) is 5.75 Å². The minimum atomic E-state index is -4.94. The fourth-order valence-electron chi connectivity index (χ4n) is 1.02. The molecule has 88 valence electrons. The molecule has 0 unspecified atom stereocenters. The summed E-state index contributed by atoms with van der Waals surface area (Å²) in [5.74, 6) is -2.33. The second kappa shape index (κ2) is 4.40. The molecular formula is C9H5BrF4O2. The first-order valence-electron chi connectivity index (χ1n) is 3.96. The van der Waals surface area contributed by atoms with Gasteiger partial charge in [-0.1, -0.05) is 0 Å². The molecule has 0 N–H and O–H groups in total. The number of hydrogen-bond donors (Lipinski definition) is 0. The molecule has 7 heteroatoms. The summed E-state index contributed by atoms with van der Waals surface area (Å²) in [6, 6.07) is 1.37. The largest absolute Gasteiger partial charge is 0.573 e. The van der Waals surface area contributed by atoms with Gasteiger partial charge in [0.15, 0.2) is 5.78 Å². The first-order valence-corrected chi connectivity index (χ1v) is 4.75. The van der Waals surface area contributed by atoms with Crippen molar-refractivity contribution in [2.75, 3.05) is 0 Å². The Morgan fingerprint density at radius 3 is 2.38 bits per heavy atom. The van der Waals surface area contributed by atoms with Gasteiger partial charge in [0.2, 0.25) is 0 Å². The molecule has 0 aromatic heterocycles. The topological polar surface area (TPSA) is 26.3 Å². The van der Waals surface area contributed by atoms with E-state index in [9.17, 15) is 22.4 Å². The van der Waals surface area contributed by atoms with Crippen molar-refractivity contribution < 1.29 is 27.1 Å². The fraction of sp³-hybridized carbons (Fsp3) is 0.222. The van der Waals surface area contributed by atoms with E-state index in [-0.39, 0.29) is 10.0 Å². The summed E-state index contributed by atoms with van der Waals surface area (Å²) in [6.07, 6.45) is -4.94. The highest BCUT2D eigenvalue weighted by Gasteiger charge is 2.32. The van der Waals surface area contributed by atoms with Gasteiger partial charge in [-0.25, -0.2) is 4.39 Å². The van der Waals surface area contributed by atoms with E-state index in [1.165, 1.54) is 0 Å². The van der Waals surface area contributed by atoms with Crippen molar-refractivity contribution in [2.24, 2.45) is 0 Å². The van der Waals surface area contributed by atoms with Crippen molar-refractivity contribution >= 4 is 21.7 Å². The lowest BCUT2D eigenvalue weighted by Crippen LogP contribution is -2.18. The molecule has 16 heavy (non-hydrogen) atoms. The predicted octanol–water partition coefficient (Wildman–Crippen LogP) is 3.69. The Morgan fingerprint density at radius 2 is 1.94 bits per heavy atom. The average molecular weight is 301 g/mol. The molecule has 0 aliphatic heterocycles. The summed E-state index contributed by atoms with van der Waals surface area (Å²) in [7, 11) is 0. The zero-order valence-electron chi connectivity index (χ0n) is 7.86. The molecule has 0 bridgehead atoms. The Hall–Kier alpha value is -1.11. The van der Waals surface area contributed by atoms with Crippen LogP contribution in [0.4, 0.5) is 17.6 Å². The van der Waals surface area contributed by atoms with Crippen molar-refractivity contribution in [2.45, 2.75) is 13.3 Å². The fourth-order valence-corrected chi connectivity index (χ4v) is 1.61. The van der Waals surface area contributed by atoms with Gasteiger partial charge in [0.05, 0.1) is 4.47 Å². The van der Waals surface area contributed by atoms with E-state index in [1.807, 2.05) is 0 Å². The van der Waals surface area contributed by atoms with Crippen LogP contribution in [0.1, 0.15) is 17.3 Å². The van der Waals surface area contributed by atoms with Crippen molar-refractivity contribution in [1.29, 1.82) is 0 Å². The van der Waals surface area contributed by atoms with Crippen molar-refractivity contribution in [3.05, 3.63) is 28.0 Å². The Balaban J connectivity index is 3.25. The van der Waals surface area contributed by atoms with Crippen molar-refractivity contribution in [3.8, 4) is 5.75 Å². The van der Waals surface area contributed by atoms with Crippen LogP contribution in [0.15, 0.2) is 16.6 Å². The maximum atomic E-state index is 12.9. The van der Waals surface area contributed by atoms with Gasteiger partial charge in [0.25, 0.3) is 0 Å². The van der Waals surface area contributed by atoms with Crippen LogP contribution in [-0.2, 0) is 0 Å². The molecular weight excluding hydrogens is 296 g/mol. The van der Waals surface area contributed by atoms with Gasteiger partial charge in [-0.05, 0) is 28.9 Å². The van der Waals surface area contributed by atoms with Gasteiger partial charge in [-0.3, -0.25) is 4.79 Å². The molecule has 0 atom stereocenters. The number of ketones is 1. The molecule has 0 fully saturated rings. The van der Waals surface area contributed by atoms with Crippen molar-refractivity contribution in [1.82, 2.24) is 0 Å². The summed E-state index contributed by atoms with van der Waals surface area (Å²) in [5.41, 5.74) is -0.209. The lowest BCUT2D eigenvalue weighted by molar-refractivity contribution is -0.275. The standard InChI is InChI=1S/C9H5BrF4O2/c1-4(15)6-2-5(11)3-7(8(6)10)16-9(12,13)14/h2-3H,1H3. The molecule has 0 aliphatic carbocycles. The van der Waals surface area contributed by atoms with E-state index in [1.54, 1.807) is 0 Å². The van der Waals surface area contributed by atoms with E-state index in [0.717, 1.165) is 13.0 Å². The van der Waals surface area contributed by atoms with Crippen LogP contribution >= 0.6 is 15.9 Å². The molecule has 0 saturated heterocycles. The van der Waals surface area contributed by atoms with Crippen LogP contribution < -0.4 is 4.74 Å². The lowest BCUT2D eigenvalue weighted by Gasteiger charge is -2.12. The molecule has 0 aliphatic rings. The molecule has 0 amide bonds. The number of rotatable bonds is 2. The third-order valence-corrected chi connectivity index (χ3v) is 2.43. The summed E-state index contributed by atoms with van der Waals surface area (Å²) in [5, 5.41) is 0. The quantitative estimate of drug-likeness (QED) is 0.615. The predicted molar refractivity (Wildman–Crippen MR) is 50.8 cm³/mol. The maximum absolute atomic E-state index is 12.9. The minimum Gasteiger partial charge on any atom is -0.404 e. The molecule has 1 aromatic carbocycles. The summed E-state index contributed by atoms with van der Waals surface area (Å²) in [6.45, 7) is 1.11. The number of carbonyl (C=O) groups excluding carboxylic acids is 1. The van der Waals surface area contributed by atoms with Crippen molar-refractivity contribution in [3.63, 3.8) is 0 Å². The summed E-state index contributed by atoms with van der Waals surface area (Å²) in [4.78, 5) is 11.0. The first kappa shape index (κ1) is 13.0. The number of benzene rings is 1. The van der Waals surface area contributed by atoms with Crippen LogP contribution in [0, 0.1) is 5.82 Å². The van der Waals surface area contributed by atoms with E-state index < -0.39 is 23.7 Å². The maximum Gasteiger partial charge on any atom is 0.573 e. The van der Waals surface area contributed by atoms with Gasteiger partial charge in [0, 0.05) is 11.6 Å². The smallest absolute Gasteiger partial charge is 0.404 e. The van der Waals surface area contributed by atoms with Gasteiger partial charge < -0.3 is 4.74 Å². The van der Waals surface area contributed by atoms with Crippen LogP contribution in [0.25, 0.3) is 0 Å². The van der Waals surface area contributed by atoms with Gasteiger partial charge in [0.1, 0.15) is 11.6 Å².